The SMILES string of the molecule is COC(=O)c1cc(OC(=S)N(C)C)cc(OC(=S)N(C)C)c1.COC(=O)c1cc(SC(=O)N(C)C)cc(SC(=O)N(C)C)c1. The van der Waals surface area contributed by atoms with Crippen LogP contribution in [-0.4, -0.2) is 123 Å². The minimum Gasteiger partial charge on any atom is -0.465 e. The summed E-state index contributed by atoms with van der Waals surface area (Å²) in [6.45, 7) is 0. The molecule has 0 aliphatic carbocycles. The summed E-state index contributed by atoms with van der Waals surface area (Å²) in [4.78, 5) is 54.3. The molecule has 0 aromatic heterocycles. The summed E-state index contributed by atoms with van der Waals surface area (Å²) in [5.41, 5.74) is 0.575. The van der Waals surface area contributed by atoms with Crippen LogP contribution in [0.5, 0.6) is 11.5 Å². The lowest BCUT2D eigenvalue weighted by molar-refractivity contribution is 0.0591. The first-order chi connectivity index (χ1) is 20.5. The molecule has 0 aliphatic rings. The molecule has 0 aliphatic heterocycles. The minimum atomic E-state index is -0.515. The summed E-state index contributed by atoms with van der Waals surface area (Å²) in [5.74, 6) is -0.308. The van der Waals surface area contributed by atoms with Crippen molar-refractivity contribution in [2.45, 2.75) is 9.79 Å². The Hall–Kier alpha value is -3.60. The Labute approximate surface area is 276 Å². The highest BCUT2D eigenvalue weighted by molar-refractivity contribution is 8.14. The zero-order valence-electron chi connectivity index (χ0n) is 26.2. The van der Waals surface area contributed by atoms with Gasteiger partial charge in [0.05, 0.1) is 25.3 Å². The van der Waals surface area contributed by atoms with Gasteiger partial charge >= 0.3 is 11.9 Å². The van der Waals surface area contributed by atoms with E-state index in [1.807, 2.05) is 0 Å². The molecule has 2 aromatic rings. The van der Waals surface area contributed by atoms with Gasteiger partial charge in [-0.1, -0.05) is 0 Å². The number of ether oxygens (including phenoxy) is 4. The Bertz CT molecular complexity index is 1200. The Morgan fingerprint density at radius 1 is 0.545 bits per heavy atom. The van der Waals surface area contributed by atoms with Crippen LogP contribution in [0.4, 0.5) is 9.59 Å². The van der Waals surface area contributed by atoms with Crippen LogP contribution >= 0.6 is 48.0 Å². The lowest BCUT2D eigenvalue weighted by Gasteiger charge is -2.17. The van der Waals surface area contributed by atoms with Crippen LogP contribution in [0.25, 0.3) is 0 Å². The molecular formula is C28H36N4O8S4. The van der Waals surface area contributed by atoms with Crippen LogP contribution in [0.2, 0.25) is 0 Å². The molecule has 0 bridgehead atoms. The topological polar surface area (TPSA) is 118 Å². The van der Waals surface area contributed by atoms with E-state index in [9.17, 15) is 19.2 Å². The van der Waals surface area contributed by atoms with Gasteiger partial charge in [0.15, 0.2) is 0 Å². The molecule has 16 heteroatoms. The van der Waals surface area contributed by atoms with Gasteiger partial charge in [-0.3, -0.25) is 9.59 Å². The van der Waals surface area contributed by atoms with Crippen LogP contribution in [0, 0.1) is 0 Å². The molecule has 2 aromatic carbocycles. The summed E-state index contributed by atoms with van der Waals surface area (Å²) in [6, 6.07) is 9.48. The number of rotatable bonds is 6. The van der Waals surface area contributed by atoms with Gasteiger partial charge in [-0.15, -0.1) is 0 Å². The third kappa shape index (κ3) is 13.0. The summed E-state index contributed by atoms with van der Waals surface area (Å²) < 4.78 is 20.4. The van der Waals surface area contributed by atoms with Gasteiger partial charge in [0.2, 0.25) is 0 Å². The van der Waals surface area contributed by atoms with Gasteiger partial charge in [0.1, 0.15) is 11.5 Å². The van der Waals surface area contributed by atoms with E-state index < -0.39 is 11.9 Å². The molecule has 0 saturated heterocycles. The lowest BCUT2D eigenvalue weighted by atomic mass is 10.2. The maximum Gasteiger partial charge on any atom is 0.338 e. The van der Waals surface area contributed by atoms with Crippen molar-refractivity contribution < 1.29 is 38.1 Å². The fourth-order valence-electron chi connectivity index (χ4n) is 2.62. The number of thiocarbonyl (C=S) groups is 2. The van der Waals surface area contributed by atoms with E-state index >= 15 is 0 Å². The predicted octanol–water partition coefficient (Wildman–Crippen LogP) is 4.94. The van der Waals surface area contributed by atoms with Gasteiger partial charge in [-0.05, 0) is 78.3 Å². The normalized spacial score (nSPS) is 9.86. The highest BCUT2D eigenvalue weighted by Gasteiger charge is 2.16. The zero-order chi connectivity index (χ0) is 33.7. The summed E-state index contributed by atoms with van der Waals surface area (Å²) in [6.07, 6.45) is 0. The fourth-order valence-corrected chi connectivity index (χ4v) is 4.40. The molecule has 0 radical (unpaired) electrons. The molecule has 2 rings (SSSR count). The largest absolute Gasteiger partial charge is 0.465 e. The van der Waals surface area contributed by atoms with Crippen molar-refractivity contribution in [3.05, 3.63) is 47.5 Å². The number of carbonyl (C=O) groups excluding carboxylic acids is 4. The molecule has 44 heavy (non-hydrogen) atoms. The van der Waals surface area contributed by atoms with Crippen LogP contribution in [-0.2, 0) is 9.47 Å². The zero-order valence-corrected chi connectivity index (χ0v) is 29.4. The van der Waals surface area contributed by atoms with Gasteiger partial charge in [0.25, 0.3) is 20.8 Å². The number of thioether (sulfide) groups is 2. The van der Waals surface area contributed by atoms with Crippen molar-refractivity contribution in [1.82, 2.24) is 19.6 Å². The average molecular weight is 685 g/mol. The number of carbonyl (C=O) groups is 4. The molecule has 0 saturated carbocycles. The summed E-state index contributed by atoms with van der Waals surface area (Å²) in [5, 5.41) is 0.167. The molecule has 0 N–H and O–H groups in total. The number of esters is 2. The summed E-state index contributed by atoms with van der Waals surface area (Å²) >= 11 is 12.1. The van der Waals surface area contributed by atoms with Gasteiger partial charge in [0, 0.05) is 72.2 Å². The van der Waals surface area contributed by atoms with E-state index in [0.29, 0.717) is 26.9 Å². The number of nitrogens with zero attached hydrogens (tertiary/aromatic N) is 4. The van der Waals surface area contributed by atoms with Crippen molar-refractivity contribution in [1.29, 1.82) is 0 Å². The van der Waals surface area contributed by atoms with Gasteiger partial charge in [-0.2, -0.15) is 0 Å². The van der Waals surface area contributed by atoms with Gasteiger partial charge < -0.3 is 38.5 Å². The van der Waals surface area contributed by atoms with E-state index in [1.165, 1.54) is 36.2 Å². The van der Waals surface area contributed by atoms with E-state index in [1.54, 1.807) is 90.4 Å². The molecular weight excluding hydrogens is 649 g/mol. The van der Waals surface area contributed by atoms with Gasteiger partial charge in [-0.25, -0.2) is 9.59 Å². The minimum absolute atomic E-state index is 0.170. The van der Waals surface area contributed by atoms with Crippen molar-refractivity contribution in [2.75, 3.05) is 70.6 Å². The standard InChI is InChI=1S/2C14H18N2O4S2/c1-15(2)13(18)21-10-6-9(12(17)20-5)7-11(8-10)22-14(19)16(3)4;1-15(2)13(21)19-10-6-9(12(17)18-5)7-11(8-10)20-14(22)16(3)4/h2*6-8H,1-5H3. The Morgan fingerprint density at radius 3 is 1.18 bits per heavy atom. The maximum absolute atomic E-state index is 11.8. The van der Waals surface area contributed by atoms with Crippen molar-refractivity contribution in [3.63, 3.8) is 0 Å². The number of methoxy groups -OCH3 is 2. The maximum atomic E-state index is 11.8. The number of amides is 2. The first-order valence-electron chi connectivity index (χ1n) is 12.5. The first-order valence-corrected chi connectivity index (χ1v) is 15.0. The third-order valence-corrected chi connectivity index (χ3v) is 7.80. The first kappa shape index (κ1) is 38.4. The van der Waals surface area contributed by atoms with Crippen molar-refractivity contribution in [3.8, 4) is 11.5 Å². The predicted molar refractivity (Wildman–Crippen MR) is 179 cm³/mol. The Balaban J connectivity index is 0.000000440. The molecule has 0 heterocycles. The monoisotopic (exact) mass is 684 g/mol. The number of hydrogen-bond acceptors (Lipinski definition) is 12. The molecule has 0 spiro atoms. The van der Waals surface area contributed by atoms with Crippen LogP contribution < -0.4 is 9.47 Å². The second-order valence-corrected chi connectivity index (χ2v) is 12.2. The fraction of sp³-hybridized carbons (Fsp3) is 0.357. The number of hydrogen-bond donors (Lipinski definition) is 0. The molecule has 12 nitrogen and oxygen atoms in total. The van der Waals surface area contributed by atoms with Crippen molar-refractivity contribution in [2.24, 2.45) is 0 Å². The quantitative estimate of drug-likeness (QED) is 0.232. The highest BCUT2D eigenvalue weighted by atomic mass is 32.2. The summed E-state index contributed by atoms with van der Waals surface area (Å²) in [7, 11) is 16.2. The van der Waals surface area contributed by atoms with E-state index in [4.69, 9.17) is 43.4 Å². The second-order valence-electron chi connectivity index (χ2n) is 9.42. The lowest BCUT2D eigenvalue weighted by Crippen LogP contribution is -2.26. The number of benzene rings is 2. The van der Waals surface area contributed by atoms with Crippen LogP contribution in [0.3, 0.4) is 0 Å². The Kier molecular flexibility index (Phi) is 15.9. The van der Waals surface area contributed by atoms with E-state index in [-0.39, 0.29) is 26.4 Å². The van der Waals surface area contributed by atoms with Crippen molar-refractivity contribution >= 4 is 80.7 Å². The second kappa shape index (κ2) is 18.3. The molecule has 0 fully saturated rings. The molecule has 2 amide bonds. The average Bonchev–Trinajstić information content (AvgIpc) is 2.95. The van der Waals surface area contributed by atoms with E-state index in [2.05, 4.69) is 0 Å². The highest BCUT2D eigenvalue weighted by Crippen LogP contribution is 2.30. The Morgan fingerprint density at radius 2 is 0.886 bits per heavy atom. The van der Waals surface area contributed by atoms with E-state index in [0.717, 1.165) is 23.5 Å². The smallest absolute Gasteiger partial charge is 0.338 e. The van der Waals surface area contributed by atoms with Crippen LogP contribution in [0.1, 0.15) is 20.7 Å². The third-order valence-electron chi connectivity index (χ3n) is 4.88. The molecule has 240 valence electrons. The molecule has 0 unspecified atom stereocenters. The van der Waals surface area contributed by atoms with Crippen LogP contribution in [0.15, 0.2) is 46.2 Å². The molecule has 0 atom stereocenters.